The molecule has 0 radical (unpaired) electrons. The molecule has 2 atom stereocenters. The van der Waals surface area contributed by atoms with E-state index in [1.165, 1.54) is 44.9 Å². The Morgan fingerprint density at radius 2 is 1.83 bits per heavy atom. The minimum absolute atomic E-state index is 0.0662. The van der Waals surface area contributed by atoms with Gasteiger partial charge >= 0.3 is 0 Å². The topological polar surface area (TPSA) is 71.3 Å². The summed E-state index contributed by atoms with van der Waals surface area (Å²) >= 11 is 0. The SMILES string of the molecule is O=C(N[C@H]1CC[C@H]1NC1CCCCCC1)c1cccc2ncnn12. The molecule has 24 heavy (non-hydrogen) atoms. The number of hydrogen-bond donors (Lipinski definition) is 2. The molecule has 0 unspecified atom stereocenters. The van der Waals surface area contributed by atoms with Gasteiger partial charge in [0.2, 0.25) is 0 Å². The van der Waals surface area contributed by atoms with E-state index in [1.54, 1.807) is 10.6 Å². The predicted molar refractivity (Wildman–Crippen MR) is 91.9 cm³/mol. The van der Waals surface area contributed by atoms with Gasteiger partial charge in [-0.25, -0.2) is 9.50 Å². The average molecular weight is 327 g/mol. The number of rotatable bonds is 4. The molecule has 0 spiro atoms. The Kier molecular flexibility index (Phi) is 4.47. The van der Waals surface area contributed by atoms with E-state index in [0.717, 1.165) is 12.8 Å². The van der Waals surface area contributed by atoms with Crippen LogP contribution in [0, 0.1) is 0 Å². The zero-order valence-corrected chi connectivity index (χ0v) is 13.9. The third-order valence-electron chi connectivity index (χ3n) is 5.43. The fraction of sp³-hybridized carbons (Fsp3) is 0.611. The standard InChI is InChI=1S/C18H25N5O/c24-18(16-8-5-9-17-19-12-20-23(16)17)22-15-11-10-14(15)21-13-6-3-1-2-4-7-13/h5,8-9,12-15,21H,1-4,6-7,10-11H2,(H,22,24)/t14-,15+/m1/s1. The van der Waals surface area contributed by atoms with Crippen LogP contribution in [0.5, 0.6) is 0 Å². The van der Waals surface area contributed by atoms with Crippen molar-refractivity contribution in [1.29, 1.82) is 0 Å². The maximum absolute atomic E-state index is 12.6. The summed E-state index contributed by atoms with van der Waals surface area (Å²) in [7, 11) is 0. The number of fused-ring (bicyclic) bond motifs is 1. The number of aromatic nitrogens is 3. The molecule has 2 aliphatic carbocycles. The molecule has 2 aliphatic rings. The van der Waals surface area contributed by atoms with Gasteiger partial charge in [-0.3, -0.25) is 4.79 Å². The van der Waals surface area contributed by atoms with Crippen LogP contribution in [-0.4, -0.2) is 38.6 Å². The third-order valence-corrected chi connectivity index (χ3v) is 5.43. The first-order valence-corrected chi connectivity index (χ1v) is 9.17. The highest BCUT2D eigenvalue weighted by Gasteiger charge is 2.34. The molecule has 6 nitrogen and oxygen atoms in total. The molecule has 2 aromatic heterocycles. The van der Waals surface area contributed by atoms with Gasteiger partial charge in [-0.1, -0.05) is 31.7 Å². The third kappa shape index (κ3) is 3.15. The number of hydrogen-bond acceptors (Lipinski definition) is 4. The van der Waals surface area contributed by atoms with Crippen molar-refractivity contribution < 1.29 is 4.79 Å². The Bertz CT molecular complexity index is 704. The van der Waals surface area contributed by atoms with E-state index in [2.05, 4.69) is 20.7 Å². The van der Waals surface area contributed by atoms with Crippen molar-refractivity contribution in [2.75, 3.05) is 0 Å². The predicted octanol–water partition coefficient (Wildman–Crippen LogP) is 2.30. The van der Waals surface area contributed by atoms with E-state index in [0.29, 0.717) is 23.4 Å². The van der Waals surface area contributed by atoms with Gasteiger partial charge < -0.3 is 10.6 Å². The molecular formula is C18H25N5O. The normalized spacial score (nSPS) is 25.2. The summed E-state index contributed by atoms with van der Waals surface area (Å²) in [5.41, 5.74) is 1.24. The van der Waals surface area contributed by atoms with Gasteiger partial charge in [-0.15, -0.1) is 0 Å². The molecule has 0 bridgehead atoms. The van der Waals surface area contributed by atoms with Crippen LogP contribution in [-0.2, 0) is 0 Å². The van der Waals surface area contributed by atoms with Crippen molar-refractivity contribution in [2.45, 2.75) is 69.5 Å². The first-order valence-electron chi connectivity index (χ1n) is 9.17. The largest absolute Gasteiger partial charge is 0.346 e. The summed E-state index contributed by atoms with van der Waals surface area (Å²) in [4.78, 5) is 16.8. The van der Waals surface area contributed by atoms with E-state index in [1.807, 2.05) is 12.1 Å². The highest BCUT2D eigenvalue weighted by atomic mass is 16.2. The Labute approximate surface area is 142 Å². The lowest BCUT2D eigenvalue weighted by atomic mass is 9.85. The lowest BCUT2D eigenvalue weighted by Gasteiger charge is -2.40. The van der Waals surface area contributed by atoms with Gasteiger partial charge in [0.1, 0.15) is 12.0 Å². The second-order valence-electron chi connectivity index (χ2n) is 7.06. The van der Waals surface area contributed by atoms with Crippen LogP contribution >= 0.6 is 0 Å². The fourth-order valence-electron chi connectivity index (χ4n) is 3.88. The van der Waals surface area contributed by atoms with E-state index >= 15 is 0 Å². The molecule has 0 saturated heterocycles. The van der Waals surface area contributed by atoms with Gasteiger partial charge in [-0.2, -0.15) is 5.10 Å². The van der Waals surface area contributed by atoms with Gasteiger partial charge in [0, 0.05) is 18.1 Å². The lowest BCUT2D eigenvalue weighted by molar-refractivity contribution is 0.0880. The minimum Gasteiger partial charge on any atom is -0.346 e. The number of nitrogens with zero attached hydrogens (tertiary/aromatic N) is 3. The second kappa shape index (κ2) is 6.89. The molecule has 2 N–H and O–H groups in total. The Morgan fingerprint density at radius 3 is 2.58 bits per heavy atom. The van der Waals surface area contributed by atoms with Crippen molar-refractivity contribution in [3.05, 3.63) is 30.2 Å². The highest BCUT2D eigenvalue weighted by molar-refractivity contribution is 5.93. The number of nitrogens with one attached hydrogen (secondary N) is 2. The zero-order chi connectivity index (χ0) is 16.4. The van der Waals surface area contributed by atoms with Crippen molar-refractivity contribution in [2.24, 2.45) is 0 Å². The van der Waals surface area contributed by atoms with Crippen LogP contribution in [0.4, 0.5) is 0 Å². The van der Waals surface area contributed by atoms with Gasteiger partial charge in [0.25, 0.3) is 5.91 Å². The van der Waals surface area contributed by atoms with Crippen LogP contribution in [0.2, 0.25) is 0 Å². The maximum Gasteiger partial charge on any atom is 0.270 e. The highest BCUT2D eigenvalue weighted by Crippen LogP contribution is 2.24. The van der Waals surface area contributed by atoms with Crippen LogP contribution in [0.25, 0.3) is 5.65 Å². The van der Waals surface area contributed by atoms with Crippen LogP contribution < -0.4 is 10.6 Å². The summed E-state index contributed by atoms with van der Waals surface area (Å²) in [6, 6.07) is 6.75. The Hall–Kier alpha value is -1.95. The first-order chi connectivity index (χ1) is 11.8. The van der Waals surface area contributed by atoms with Crippen molar-refractivity contribution in [1.82, 2.24) is 25.2 Å². The summed E-state index contributed by atoms with van der Waals surface area (Å²) in [5.74, 6) is -0.0662. The van der Waals surface area contributed by atoms with Crippen LogP contribution in [0.1, 0.15) is 61.9 Å². The Balaban J connectivity index is 1.38. The molecule has 0 aromatic carbocycles. The summed E-state index contributed by atoms with van der Waals surface area (Å²) in [5, 5.41) is 11.1. The zero-order valence-electron chi connectivity index (χ0n) is 13.9. The molecule has 2 aromatic rings. The maximum atomic E-state index is 12.6. The molecule has 128 valence electrons. The van der Waals surface area contributed by atoms with Gasteiger partial charge in [0.15, 0.2) is 5.65 Å². The van der Waals surface area contributed by atoms with E-state index in [-0.39, 0.29) is 11.9 Å². The number of pyridine rings is 1. The van der Waals surface area contributed by atoms with E-state index in [9.17, 15) is 4.79 Å². The number of carbonyl (C=O) groups excluding carboxylic acids is 1. The fourth-order valence-corrected chi connectivity index (χ4v) is 3.88. The Morgan fingerprint density at radius 1 is 1.04 bits per heavy atom. The summed E-state index contributed by atoms with van der Waals surface area (Å²) in [6.45, 7) is 0. The minimum atomic E-state index is -0.0662. The molecule has 6 heteroatoms. The van der Waals surface area contributed by atoms with Gasteiger partial charge in [-0.05, 0) is 37.8 Å². The molecule has 4 rings (SSSR count). The number of carbonyl (C=O) groups is 1. The van der Waals surface area contributed by atoms with Crippen LogP contribution in [0.15, 0.2) is 24.5 Å². The van der Waals surface area contributed by atoms with Gasteiger partial charge in [0.05, 0.1) is 0 Å². The number of amides is 1. The lowest BCUT2D eigenvalue weighted by Crippen LogP contribution is -2.59. The smallest absolute Gasteiger partial charge is 0.270 e. The molecule has 2 heterocycles. The van der Waals surface area contributed by atoms with Crippen molar-refractivity contribution in [3.63, 3.8) is 0 Å². The monoisotopic (exact) mass is 327 g/mol. The molecule has 1 amide bonds. The first kappa shape index (κ1) is 15.6. The van der Waals surface area contributed by atoms with Crippen LogP contribution in [0.3, 0.4) is 0 Å². The second-order valence-corrected chi connectivity index (χ2v) is 7.06. The van der Waals surface area contributed by atoms with Crippen molar-refractivity contribution in [3.8, 4) is 0 Å². The molecule has 2 fully saturated rings. The summed E-state index contributed by atoms with van der Waals surface area (Å²) in [6.07, 6.45) is 11.6. The van der Waals surface area contributed by atoms with E-state index in [4.69, 9.17) is 0 Å². The average Bonchev–Trinajstić information content (AvgIpc) is 2.92. The van der Waals surface area contributed by atoms with Crippen molar-refractivity contribution >= 4 is 11.6 Å². The quantitative estimate of drug-likeness (QED) is 0.845. The molecule has 0 aliphatic heterocycles. The summed E-state index contributed by atoms with van der Waals surface area (Å²) < 4.78 is 1.60. The molecule has 2 saturated carbocycles. The van der Waals surface area contributed by atoms with E-state index < -0.39 is 0 Å². The molecular weight excluding hydrogens is 302 g/mol.